The second-order valence-corrected chi connectivity index (χ2v) is 4.74. The number of hydrogen-bond donors (Lipinski definition) is 2. The highest BCUT2D eigenvalue weighted by Crippen LogP contribution is 2.18. The van der Waals surface area contributed by atoms with Gasteiger partial charge < -0.3 is 10.4 Å². The van der Waals surface area contributed by atoms with E-state index in [1.165, 1.54) is 6.42 Å². The summed E-state index contributed by atoms with van der Waals surface area (Å²) in [5.74, 6) is 0. The zero-order chi connectivity index (χ0) is 9.80. The summed E-state index contributed by atoms with van der Waals surface area (Å²) in [4.78, 5) is 4.20. The van der Waals surface area contributed by atoms with Gasteiger partial charge in [-0.25, -0.2) is 4.98 Å². The largest absolute Gasteiger partial charge is 0.392 e. The van der Waals surface area contributed by atoms with Crippen LogP contribution < -0.4 is 5.32 Å². The molecule has 14 heavy (non-hydrogen) atoms. The summed E-state index contributed by atoms with van der Waals surface area (Å²) in [6.07, 6.45) is 6.08. The molecule has 2 N–H and O–H groups in total. The van der Waals surface area contributed by atoms with Gasteiger partial charge in [0.15, 0.2) is 0 Å². The van der Waals surface area contributed by atoms with Gasteiger partial charge in [0.05, 0.1) is 6.10 Å². The molecule has 0 radical (unpaired) electrons. The Balaban J connectivity index is 1.79. The molecule has 3 nitrogen and oxygen atoms in total. The lowest BCUT2D eigenvalue weighted by molar-refractivity contribution is 0.0902. The van der Waals surface area contributed by atoms with E-state index in [0.29, 0.717) is 0 Å². The third-order valence-electron chi connectivity index (χ3n) is 2.73. The fourth-order valence-electron chi connectivity index (χ4n) is 1.91. The Kier molecular flexibility index (Phi) is 3.50. The average molecular weight is 212 g/mol. The first-order valence-electron chi connectivity index (χ1n) is 5.16. The van der Waals surface area contributed by atoms with Gasteiger partial charge in [0.25, 0.3) is 0 Å². The monoisotopic (exact) mass is 212 g/mol. The van der Waals surface area contributed by atoms with Gasteiger partial charge >= 0.3 is 0 Å². The van der Waals surface area contributed by atoms with Gasteiger partial charge in [0, 0.05) is 24.2 Å². The van der Waals surface area contributed by atoms with Crippen LogP contribution in [-0.4, -0.2) is 22.2 Å². The van der Waals surface area contributed by atoms with Crippen molar-refractivity contribution in [1.29, 1.82) is 0 Å². The highest BCUT2D eigenvalue weighted by atomic mass is 32.1. The Labute approximate surface area is 88.2 Å². The molecule has 1 heterocycles. The van der Waals surface area contributed by atoms with Crippen LogP contribution in [0.4, 0.5) is 0 Å². The van der Waals surface area contributed by atoms with E-state index in [4.69, 9.17) is 0 Å². The maximum atomic E-state index is 9.72. The number of thiazole rings is 1. The van der Waals surface area contributed by atoms with Crippen molar-refractivity contribution >= 4 is 11.3 Å². The molecule has 0 aliphatic heterocycles. The molecule has 2 rings (SSSR count). The zero-order valence-corrected chi connectivity index (χ0v) is 8.96. The molecule has 1 fully saturated rings. The van der Waals surface area contributed by atoms with E-state index in [2.05, 4.69) is 10.3 Å². The van der Waals surface area contributed by atoms with Crippen LogP contribution in [0.3, 0.4) is 0 Å². The van der Waals surface area contributed by atoms with Crippen LogP contribution in [0.25, 0.3) is 0 Å². The molecular weight excluding hydrogens is 196 g/mol. The molecule has 4 heteroatoms. The molecule has 0 saturated heterocycles. The molecule has 2 unspecified atom stereocenters. The van der Waals surface area contributed by atoms with E-state index in [1.807, 2.05) is 11.6 Å². The smallest absolute Gasteiger partial charge is 0.106 e. The summed E-state index contributed by atoms with van der Waals surface area (Å²) < 4.78 is 0. The zero-order valence-electron chi connectivity index (χ0n) is 8.15. The summed E-state index contributed by atoms with van der Waals surface area (Å²) in [5.41, 5.74) is 0. The number of nitrogens with one attached hydrogen (secondary N) is 1. The molecule has 0 aromatic carbocycles. The molecule has 0 spiro atoms. The summed E-state index contributed by atoms with van der Waals surface area (Å²) >= 11 is 1.66. The molecule has 78 valence electrons. The number of aliphatic hydroxyl groups is 1. The van der Waals surface area contributed by atoms with Crippen molar-refractivity contribution in [2.75, 3.05) is 0 Å². The predicted molar refractivity (Wildman–Crippen MR) is 57.2 cm³/mol. The molecule has 0 bridgehead atoms. The number of rotatable bonds is 3. The van der Waals surface area contributed by atoms with Crippen molar-refractivity contribution in [3.63, 3.8) is 0 Å². The van der Waals surface area contributed by atoms with Crippen LogP contribution in [0, 0.1) is 0 Å². The minimum absolute atomic E-state index is 0.163. The Morgan fingerprint density at radius 2 is 2.36 bits per heavy atom. The fraction of sp³-hybridized carbons (Fsp3) is 0.700. The lowest BCUT2D eigenvalue weighted by atomic mass is 9.93. The van der Waals surface area contributed by atoms with Crippen molar-refractivity contribution in [1.82, 2.24) is 10.3 Å². The highest BCUT2D eigenvalue weighted by Gasteiger charge is 2.22. The first kappa shape index (κ1) is 10.1. The van der Waals surface area contributed by atoms with Crippen molar-refractivity contribution in [3.8, 4) is 0 Å². The van der Waals surface area contributed by atoms with E-state index in [0.717, 1.165) is 30.8 Å². The second kappa shape index (κ2) is 4.87. The maximum absolute atomic E-state index is 9.72. The molecule has 1 aliphatic rings. The van der Waals surface area contributed by atoms with Crippen LogP contribution in [0.15, 0.2) is 11.6 Å². The van der Waals surface area contributed by atoms with E-state index in [1.54, 1.807) is 11.3 Å². The van der Waals surface area contributed by atoms with Crippen molar-refractivity contribution in [2.24, 2.45) is 0 Å². The van der Waals surface area contributed by atoms with Crippen LogP contribution in [0.2, 0.25) is 0 Å². The average Bonchev–Trinajstić information content (AvgIpc) is 2.69. The molecule has 0 amide bonds. The van der Waals surface area contributed by atoms with Gasteiger partial charge in [-0.3, -0.25) is 0 Å². The predicted octanol–water partition coefficient (Wildman–Crippen LogP) is 1.54. The molecule has 1 aliphatic carbocycles. The van der Waals surface area contributed by atoms with Crippen molar-refractivity contribution in [3.05, 3.63) is 16.6 Å². The Bertz CT molecular complexity index is 263. The lowest BCUT2D eigenvalue weighted by Crippen LogP contribution is -2.41. The summed E-state index contributed by atoms with van der Waals surface area (Å²) in [7, 11) is 0. The van der Waals surface area contributed by atoms with Gasteiger partial charge in [-0.1, -0.05) is 12.8 Å². The van der Waals surface area contributed by atoms with E-state index in [9.17, 15) is 5.11 Å². The SMILES string of the molecule is OC1CCCCC1NCc1nccs1. The maximum Gasteiger partial charge on any atom is 0.106 e. The van der Waals surface area contributed by atoms with Crippen LogP contribution in [0.1, 0.15) is 30.7 Å². The number of aliphatic hydroxyl groups excluding tert-OH is 1. The standard InChI is InChI=1S/C10H16N2OS/c13-9-4-2-1-3-8(9)12-7-10-11-5-6-14-10/h5-6,8-9,12-13H,1-4,7H2. The molecule has 1 aromatic rings. The topological polar surface area (TPSA) is 45.1 Å². The highest BCUT2D eigenvalue weighted by molar-refractivity contribution is 7.09. The minimum atomic E-state index is -0.163. The van der Waals surface area contributed by atoms with E-state index >= 15 is 0 Å². The van der Waals surface area contributed by atoms with Crippen molar-refractivity contribution < 1.29 is 5.11 Å². The molecular formula is C10H16N2OS. The lowest BCUT2D eigenvalue weighted by Gasteiger charge is -2.28. The van der Waals surface area contributed by atoms with E-state index < -0.39 is 0 Å². The number of hydrogen-bond acceptors (Lipinski definition) is 4. The number of nitrogens with zero attached hydrogens (tertiary/aromatic N) is 1. The molecule has 1 saturated carbocycles. The second-order valence-electron chi connectivity index (χ2n) is 3.77. The molecule has 2 atom stereocenters. The summed E-state index contributed by atoms with van der Waals surface area (Å²) in [5, 5.41) is 16.2. The van der Waals surface area contributed by atoms with Gasteiger partial charge in [0.1, 0.15) is 5.01 Å². The van der Waals surface area contributed by atoms with Gasteiger partial charge in [-0.15, -0.1) is 11.3 Å². The van der Waals surface area contributed by atoms with Gasteiger partial charge in [-0.05, 0) is 12.8 Å². The Morgan fingerprint density at radius 3 is 3.07 bits per heavy atom. The van der Waals surface area contributed by atoms with Crippen molar-refractivity contribution in [2.45, 2.75) is 44.4 Å². The summed E-state index contributed by atoms with van der Waals surface area (Å²) in [6, 6.07) is 0.271. The first-order valence-corrected chi connectivity index (χ1v) is 6.04. The van der Waals surface area contributed by atoms with Crippen LogP contribution >= 0.6 is 11.3 Å². The van der Waals surface area contributed by atoms with Crippen LogP contribution in [-0.2, 0) is 6.54 Å². The van der Waals surface area contributed by atoms with E-state index in [-0.39, 0.29) is 12.1 Å². The fourth-order valence-corrected chi connectivity index (χ4v) is 2.48. The quantitative estimate of drug-likeness (QED) is 0.799. The minimum Gasteiger partial charge on any atom is -0.392 e. The Hall–Kier alpha value is -0.450. The molecule has 1 aromatic heterocycles. The first-order chi connectivity index (χ1) is 6.86. The third kappa shape index (κ3) is 2.53. The Morgan fingerprint density at radius 1 is 1.50 bits per heavy atom. The van der Waals surface area contributed by atoms with Crippen LogP contribution in [0.5, 0.6) is 0 Å². The normalized spacial score (nSPS) is 27.8. The van der Waals surface area contributed by atoms with Gasteiger partial charge in [-0.2, -0.15) is 0 Å². The number of aromatic nitrogens is 1. The van der Waals surface area contributed by atoms with Gasteiger partial charge in [0.2, 0.25) is 0 Å². The third-order valence-corrected chi connectivity index (χ3v) is 3.51. The summed E-state index contributed by atoms with van der Waals surface area (Å²) in [6.45, 7) is 0.791.